The van der Waals surface area contributed by atoms with E-state index in [1.807, 2.05) is 0 Å². The van der Waals surface area contributed by atoms with Gasteiger partial charge in [0.2, 0.25) is 20.0 Å². The SMILES string of the molecule is CCNS(=O)(=O)CCNS(=O)(=O)Cc1ccccc1CN. The minimum atomic E-state index is -3.60. The van der Waals surface area contributed by atoms with E-state index in [-0.39, 0.29) is 31.1 Å². The third-order valence-electron chi connectivity index (χ3n) is 2.74. The van der Waals surface area contributed by atoms with Crippen molar-refractivity contribution in [1.82, 2.24) is 9.44 Å². The third kappa shape index (κ3) is 6.53. The van der Waals surface area contributed by atoms with E-state index in [2.05, 4.69) is 9.44 Å². The van der Waals surface area contributed by atoms with Gasteiger partial charge in [-0.25, -0.2) is 26.3 Å². The van der Waals surface area contributed by atoms with Crippen LogP contribution in [0, 0.1) is 0 Å². The molecule has 0 aliphatic carbocycles. The summed E-state index contributed by atoms with van der Waals surface area (Å²) in [5, 5.41) is 0. The highest BCUT2D eigenvalue weighted by molar-refractivity contribution is 7.90. The summed E-state index contributed by atoms with van der Waals surface area (Å²) in [6, 6.07) is 6.98. The van der Waals surface area contributed by atoms with Crippen molar-refractivity contribution in [2.75, 3.05) is 18.8 Å². The quantitative estimate of drug-likeness (QED) is 0.562. The molecule has 7 nitrogen and oxygen atoms in total. The fourth-order valence-corrected chi connectivity index (χ4v) is 4.07. The molecule has 1 aromatic carbocycles. The lowest BCUT2D eigenvalue weighted by Crippen LogP contribution is -2.35. The van der Waals surface area contributed by atoms with Gasteiger partial charge in [-0.3, -0.25) is 0 Å². The van der Waals surface area contributed by atoms with Gasteiger partial charge in [-0.05, 0) is 11.1 Å². The lowest BCUT2D eigenvalue weighted by molar-refractivity contribution is 0.576. The number of hydrogen-bond donors (Lipinski definition) is 3. The Hall–Kier alpha value is -1.00. The molecule has 0 bridgehead atoms. The van der Waals surface area contributed by atoms with Crippen molar-refractivity contribution in [2.45, 2.75) is 19.2 Å². The maximum absolute atomic E-state index is 11.9. The van der Waals surface area contributed by atoms with E-state index in [9.17, 15) is 16.8 Å². The Balaban J connectivity index is 2.63. The average Bonchev–Trinajstić information content (AvgIpc) is 2.38. The van der Waals surface area contributed by atoms with Gasteiger partial charge < -0.3 is 5.73 Å². The highest BCUT2D eigenvalue weighted by Gasteiger charge is 2.15. The molecular weight excluding hydrogens is 314 g/mol. The smallest absolute Gasteiger partial charge is 0.215 e. The Morgan fingerprint density at radius 1 is 1.00 bits per heavy atom. The Morgan fingerprint density at radius 2 is 1.62 bits per heavy atom. The Kier molecular flexibility index (Phi) is 6.75. The second kappa shape index (κ2) is 7.85. The minimum absolute atomic E-state index is 0.164. The summed E-state index contributed by atoms with van der Waals surface area (Å²) in [6.45, 7) is 2.02. The normalized spacial score (nSPS) is 12.5. The standard InChI is InChI=1S/C12H21N3O4S2/c1-2-14-20(16,17)8-7-15-21(18,19)10-12-6-4-3-5-11(12)9-13/h3-6,14-15H,2,7-10,13H2,1H3. The summed E-state index contributed by atoms with van der Waals surface area (Å²) in [5.41, 5.74) is 6.92. The molecule has 4 N–H and O–H groups in total. The van der Waals surface area contributed by atoms with Crippen molar-refractivity contribution < 1.29 is 16.8 Å². The van der Waals surface area contributed by atoms with E-state index in [4.69, 9.17) is 5.73 Å². The summed E-state index contributed by atoms with van der Waals surface area (Å²) in [7, 11) is -7.04. The number of sulfonamides is 2. The molecule has 0 atom stereocenters. The Labute approximate surface area is 126 Å². The maximum Gasteiger partial charge on any atom is 0.215 e. The second-order valence-corrected chi connectivity index (χ2v) is 8.18. The van der Waals surface area contributed by atoms with Crippen LogP contribution in [0.5, 0.6) is 0 Å². The summed E-state index contributed by atoms with van der Waals surface area (Å²) >= 11 is 0. The molecule has 0 fully saturated rings. The predicted octanol–water partition coefficient (Wildman–Crippen LogP) is -0.496. The monoisotopic (exact) mass is 335 g/mol. The van der Waals surface area contributed by atoms with Gasteiger partial charge >= 0.3 is 0 Å². The van der Waals surface area contributed by atoms with Gasteiger partial charge in [0.15, 0.2) is 0 Å². The van der Waals surface area contributed by atoms with Crippen LogP contribution in [0.3, 0.4) is 0 Å². The van der Waals surface area contributed by atoms with E-state index in [1.54, 1.807) is 31.2 Å². The number of hydrogen-bond acceptors (Lipinski definition) is 5. The van der Waals surface area contributed by atoms with Crippen LogP contribution in [-0.2, 0) is 32.3 Å². The molecule has 120 valence electrons. The molecule has 0 aliphatic heterocycles. The van der Waals surface area contributed by atoms with Gasteiger partial charge in [-0.2, -0.15) is 0 Å². The van der Waals surface area contributed by atoms with Crippen molar-refractivity contribution in [2.24, 2.45) is 5.73 Å². The van der Waals surface area contributed by atoms with Crippen molar-refractivity contribution in [1.29, 1.82) is 0 Å². The van der Waals surface area contributed by atoms with Gasteiger partial charge in [0.25, 0.3) is 0 Å². The van der Waals surface area contributed by atoms with Crippen LogP contribution < -0.4 is 15.2 Å². The van der Waals surface area contributed by atoms with Gasteiger partial charge in [0.05, 0.1) is 11.5 Å². The summed E-state index contributed by atoms with van der Waals surface area (Å²) in [6.07, 6.45) is 0. The summed E-state index contributed by atoms with van der Waals surface area (Å²) in [4.78, 5) is 0. The van der Waals surface area contributed by atoms with Gasteiger partial charge in [-0.15, -0.1) is 0 Å². The molecule has 0 saturated heterocycles. The van der Waals surface area contributed by atoms with E-state index in [0.717, 1.165) is 5.56 Å². The van der Waals surface area contributed by atoms with Crippen molar-refractivity contribution in [3.63, 3.8) is 0 Å². The number of nitrogens with two attached hydrogens (primary N) is 1. The first kappa shape index (κ1) is 18.1. The first-order chi connectivity index (χ1) is 9.79. The predicted molar refractivity (Wildman–Crippen MR) is 82.4 cm³/mol. The van der Waals surface area contributed by atoms with Crippen LogP contribution in [0.4, 0.5) is 0 Å². The molecule has 0 radical (unpaired) electrons. The lowest BCUT2D eigenvalue weighted by Gasteiger charge is -2.10. The lowest BCUT2D eigenvalue weighted by atomic mass is 10.1. The highest BCUT2D eigenvalue weighted by Crippen LogP contribution is 2.11. The molecule has 0 unspecified atom stereocenters. The molecule has 0 aliphatic rings. The molecule has 0 amide bonds. The van der Waals surface area contributed by atoms with Crippen LogP contribution in [0.25, 0.3) is 0 Å². The van der Waals surface area contributed by atoms with Crippen LogP contribution in [0.1, 0.15) is 18.1 Å². The fraction of sp³-hybridized carbons (Fsp3) is 0.500. The zero-order chi connectivity index (χ0) is 15.9. The van der Waals surface area contributed by atoms with E-state index in [0.29, 0.717) is 5.56 Å². The van der Waals surface area contributed by atoms with Crippen LogP contribution in [0.2, 0.25) is 0 Å². The molecular formula is C12H21N3O4S2. The molecule has 0 aromatic heterocycles. The number of nitrogens with one attached hydrogen (secondary N) is 2. The number of rotatable bonds is 9. The van der Waals surface area contributed by atoms with E-state index in [1.165, 1.54) is 0 Å². The first-order valence-electron chi connectivity index (χ1n) is 6.51. The highest BCUT2D eigenvalue weighted by atomic mass is 32.2. The topological polar surface area (TPSA) is 118 Å². The molecule has 1 aromatic rings. The molecule has 1 rings (SSSR count). The van der Waals surface area contributed by atoms with Gasteiger partial charge in [0.1, 0.15) is 0 Å². The first-order valence-corrected chi connectivity index (χ1v) is 9.81. The molecule has 0 spiro atoms. The zero-order valence-electron chi connectivity index (χ0n) is 11.9. The Bertz CT molecular complexity index is 657. The molecule has 0 heterocycles. The zero-order valence-corrected chi connectivity index (χ0v) is 13.5. The average molecular weight is 335 g/mol. The van der Waals surface area contributed by atoms with E-state index >= 15 is 0 Å². The second-order valence-electron chi connectivity index (χ2n) is 4.44. The van der Waals surface area contributed by atoms with Gasteiger partial charge in [-0.1, -0.05) is 31.2 Å². The van der Waals surface area contributed by atoms with Crippen molar-refractivity contribution in [3.05, 3.63) is 35.4 Å². The van der Waals surface area contributed by atoms with Crippen LogP contribution >= 0.6 is 0 Å². The molecule has 21 heavy (non-hydrogen) atoms. The van der Waals surface area contributed by atoms with Gasteiger partial charge in [0, 0.05) is 19.6 Å². The van der Waals surface area contributed by atoms with E-state index < -0.39 is 20.0 Å². The van der Waals surface area contributed by atoms with Crippen molar-refractivity contribution in [3.8, 4) is 0 Å². The summed E-state index contributed by atoms with van der Waals surface area (Å²) < 4.78 is 51.3. The Morgan fingerprint density at radius 3 is 2.19 bits per heavy atom. The third-order valence-corrected chi connectivity index (χ3v) is 5.55. The largest absolute Gasteiger partial charge is 0.326 e. The summed E-state index contributed by atoms with van der Waals surface area (Å²) in [5.74, 6) is -0.514. The van der Waals surface area contributed by atoms with Crippen LogP contribution in [-0.4, -0.2) is 35.7 Å². The number of benzene rings is 1. The molecule has 9 heteroatoms. The maximum atomic E-state index is 11.9. The minimum Gasteiger partial charge on any atom is -0.326 e. The van der Waals surface area contributed by atoms with Crippen molar-refractivity contribution >= 4 is 20.0 Å². The van der Waals surface area contributed by atoms with Crippen LogP contribution in [0.15, 0.2) is 24.3 Å². The molecule has 0 saturated carbocycles. The fourth-order valence-electron chi connectivity index (χ4n) is 1.78.